The van der Waals surface area contributed by atoms with Gasteiger partial charge in [0.25, 0.3) is 5.91 Å². The van der Waals surface area contributed by atoms with E-state index >= 15 is 0 Å². The Morgan fingerprint density at radius 2 is 1.92 bits per heavy atom. The molecule has 0 unspecified atom stereocenters. The van der Waals surface area contributed by atoms with E-state index in [1.54, 1.807) is 30.3 Å². The van der Waals surface area contributed by atoms with Gasteiger partial charge in [-0.2, -0.15) is 0 Å². The number of amides is 1. The van der Waals surface area contributed by atoms with E-state index < -0.39 is 0 Å². The fourth-order valence-electron chi connectivity index (χ4n) is 2.74. The Bertz CT molecular complexity index is 728. The van der Waals surface area contributed by atoms with Gasteiger partial charge in [-0.1, -0.05) is 11.6 Å². The van der Waals surface area contributed by atoms with Crippen LogP contribution in [0.25, 0.3) is 0 Å². The first-order valence-corrected chi connectivity index (χ1v) is 8.71. The summed E-state index contributed by atoms with van der Waals surface area (Å²) in [5, 5.41) is 3.62. The average Bonchev–Trinajstić information content (AvgIpc) is 2.65. The van der Waals surface area contributed by atoms with E-state index in [1.165, 1.54) is 0 Å². The maximum absolute atomic E-state index is 12.6. The molecule has 5 nitrogen and oxygen atoms in total. The highest BCUT2D eigenvalue weighted by atomic mass is 35.5. The van der Waals surface area contributed by atoms with Gasteiger partial charge in [0.05, 0.1) is 31.2 Å². The Balaban J connectivity index is 1.78. The Morgan fingerprint density at radius 1 is 1.20 bits per heavy atom. The third kappa shape index (κ3) is 4.44. The number of halogens is 1. The van der Waals surface area contributed by atoms with Crippen LogP contribution in [0.3, 0.4) is 0 Å². The molecule has 3 rings (SSSR count). The van der Waals surface area contributed by atoms with Gasteiger partial charge in [0.1, 0.15) is 5.75 Å². The van der Waals surface area contributed by atoms with Crippen LogP contribution in [0.2, 0.25) is 5.02 Å². The quantitative estimate of drug-likeness (QED) is 0.880. The number of hydrogen-bond donors (Lipinski definition) is 1. The minimum Gasteiger partial charge on any atom is -0.494 e. The van der Waals surface area contributed by atoms with Crippen molar-refractivity contribution in [1.29, 1.82) is 0 Å². The molecular weight excluding hydrogens is 340 g/mol. The van der Waals surface area contributed by atoms with Gasteiger partial charge in [0.2, 0.25) is 0 Å². The molecule has 0 bridgehead atoms. The molecule has 0 saturated carbocycles. The lowest BCUT2D eigenvalue weighted by molar-refractivity contribution is 0.102. The number of nitrogens with zero attached hydrogens (tertiary/aromatic N) is 1. The van der Waals surface area contributed by atoms with Gasteiger partial charge in [0, 0.05) is 23.7 Å². The molecule has 2 aromatic rings. The third-order valence-electron chi connectivity index (χ3n) is 3.99. The van der Waals surface area contributed by atoms with Crippen LogP contribution in [0.4, 0.5) is 11.4 Å². The predicted molar refractivity (Wildman–Crippen MR) is 100 cm³/mol. The van der Waals surface area contributed by atoms with Gasteiger partial charge in [0.15, 0.2) is 0 Å². The van der Waals surface area contributed by atoms with Crippen molar-refractivity contribution in [1.82, 2.24) is 0 Å². The van der Waals surface area contributed by atoms with Crippen LogP contribution in [0.5, 0.6) is 5.75 Å². The van der Waals surface area contributed by atoms with Gasteiger partial charge >= 0.3 is 0 Å². The lowest BCUT2D eigenvalue weighted by atomic mass is 10.1. The van der Waals surface area contributed by atoms with Crippen LogP contribution >= 0.6 is 11.6 Å². The lowest BCUT2D eigenvalue weighted by Crippen LogP contribution is -2.36. The SMILES string of the molecule is CCOc1ccc(C(=O)Nc2ccc(Cl)cc2N2CCOCC2)cc1. The number of carbonyl (C=O) groups excluding carboxylic acids is 1. The van der Waals surface area contributed by atoms with E-state index in [-0.39, 0.29) is 5.91 Å². The Kier molecular flexibility index (Phi) is 5.79. The van der Waals surface area contributed by atoms with Crippen molar-refractivity contribution < 1.29 is 14.3 Å². The molecule has 2 aromatic carbocycles. The van der Waals surface area contributed by atoms with E-state index in [9.17, 15) is 4.79 Å². The molecule has 1 aliphatic rings. The van der Waals surface area contributed by atoms with Crippen LogP contribution in [0, 0.1) is 0 Å². The zero-order chi connectivity index (χ0) is 17.6. The van der Waals surface area contributed by atoms with E-state index in [0.717, 1.165) is 30.2 Å². The van der Waals surface area contributed by atoms with Gasteiger partial charge in [-0.15, -0.1) is 0 Å². The summed E-state index contributed by atoms with van der Waals surface area (Å²) in [5.41, 5.74) is 2.23. The monoisotopic (exact) mass is 360 g/mol. The van der Waals surface area contributed by atoms with Crippen molar-refractivity contribution in [2.75, 3.05) is 43.1 Å². The minimum atomic E-state index is -0.167. The lowest BCUT2D eigenvalue weighted by Gasteiger charge is -2.30. The molecule has 0 aliphatic carbocycles. The van der Waals surface area contributed by atoms with E-state index in [4.69, 9.17) is 21.1 Å². The fraction of sp³-hybridized carbons (Fsp3) is 0.316. The minimum absolute atomic E-state index is 0.167. The summed E-state index contributed by atoms with van der Waals surface area (Å²) >= 11 is 6.15. The second kappa shape index (κ2) is 8.23. The first kappa shape index (κ1) is 17.6. The van der Waals surface area contributed by atoms with Gasteiger partial charge < -0.3 is 19.7 Å². The first-order valence-electron chi connectivity index (χ1n) is 8.34. The molecule has 25 heavy (non-hydrogen) atoms. The molecule has 1 N–H and O–H groups in total. The maximum atomic E-state index is 12.6. The van der Waals surface area contributed by atoms with E-state index in [1.807, 2.05) is 19.1 Å². The summed E-state index contributed by atoms with van der Waals surface area (Å²) in [4.78, 5) is 14.7. The molecule has 1 amide bonds. The van der Waals surface area contributed by atoms with Gasteiger partial charge in [-0.05, 0) is 49.4 Å². The third-order valence-corrected chi connectivity index (χ3v) is 4.22. The second-order valence-electron chi connectivity index (χ2n) is 5.67. The molecule has 0 atom stereocenters. The number of ether oxygens (including phenoxy) is 2. The number of hydrogen-bond acceptors (Lipinski definition) is 4. The molecule has 6 heteroatoms. The van der Waals surface area contributed by atoms with Crippen molar-refractivity contribution in [3.63, 3.8) is 0 Å². The summed E-state index contributed by atoms with van der Waals surface area (Å²) in [6, 6.07) is 12.6. The number of rotatable bonds is 5. The summed E-state index contributed by atoms with van der Waals surface area (Å²) in [5.74, 6) is 0.583. The standard InChI is InChI=1S/C19H21ClN2O3/c1-2-25-16-6-3-14(4-7-16)19(23)21-17-8-5-15(20)13-18(17)22-9-11-24-12-10-22/h3-8,13H,2,9-12H2,1H3,(H,21,23). The van der Waals surface area contributed by atoms with Crippen molar-refractivity contribution in [2.24, 2.45) is 0 Å². The molecule has 132 valence electrons. The molecule has 0 spiro atoms. The number of benzene rings is 2. The maximum Gasteiger partial charge on any atom is 0.255 e. The molecule has 0 radical (unpaired) electrons. The Labute approximate surface area is 152 Å². The highest BCUT2D eigenvalue weighted by Gasteiger charge is 2.17. The molecule has 1 saturated heterocycles. The number of nitrogens with one attached hydrogen (secondary N) is 1. The summed E-state index contributed by atoms with van der Waals surface area (Å²) in [6.07, 6.45) is 0. The van der Waals surface area contributed by atoms with Crippen LogP contribution in [0.1, 0.15) is 17.3 Å². The van der Waals surface area contributed by atoms with Crippen LogP contribution in [0.15, 0.2) is 42.5 Å². The zero-order valence-corrected chi connectivity index (χ0v) is 14.9. The molecule has 1 heterocycles. The fourth-order valence-corrected chi connectivity index (χ4v) is 2.91. The topological polar surface area (TPSA) is 50.8 Å². The largest absolute Gasteiger partial charge is 0.494 e. The Morgan fingerprint density at radius 3 is 2.60 bits per heavy atom. The number of morpholine rings is 1. The van der Waals surface area contributed by atoms with Crippen LogP contribution in [-0.2, 0) is 4.74 Å². The van der Waals surface area contributed by atoms with Crippen LogP contribution in [-0.4, -0.2) is 38.8 Å². The van der Waals surface area contributed by atoms with Crippen molar-refractivity contribution in [2.45, 2.75) is 6.92 Å². The van der Waals surface area contributed by atoms with Gasteiger partial charge in [-0.3, -0.25) is 4.79 Å². The van der Waals surface area contributed by atoms with Crippen molar-refractivity contribution in [3.05, 3.63) is 53.1 Å². The molecule has 1 fully saturated rings. The number of carbonyl (C=O) groups is 1. The van der Waals surface area contributed by atoms with E-state index in [2.05, 4.69) is 10.2 Å². The normalized spacial score (nSPS) is 14.2. The highest BCUT2D eigenvalue weighted by molar-refractivity contribution is 6.31. The summed E-state index contributed by atoms with van der Waals surface area (Å²) in [6.45, 7) is 5.39. The molecular formula is C19H21ClN2O3. The number of anilines is 2. The average molecular weight is 361 g/mol. The smallest absolute Gasteiger partial charge is 0.255 e. The Hall–Kier alpha value is -2.24. The zero-order valence-electron chi connectivity index (χ0n) is 14.1. The second-order valence-corrected chi connectivity index (χ2v) is 6.11. The van der Waals surface area contributed by atoms with Gasteiger partial charge in [-0.25, -0.2) is 0 Å². The van der Waals surface area contributed by atoms with Crippen molar-refractivity contribution >= 4 is 28.9 Å². The predicted octanol–water partition coefficient (Wildman–Crippen LogP) is 3.83. The molecule has 1 aliphatic heterocycles. The van der Waals surface area contributed by atoms with Crippen LogP contribution < -0.4 is 15.0 Å². The summed E-state index contributed by atoms with van der Waals surface area (Å²) < 4.78 is 10.8. The van der Waals surface area contributed by atoms with Crippen molar-refractivity contribution in [3.8, 4) is 5.75 Å². The molecule has 0 aromatic heterocycles. The van der Waals surface area contributed by atoms with E-state index in [0.29, 0.717) is 30.4 Å². The first-order chi connectivity index (χ1) is 12.2. The summed E-state index contributed by atoms with van der Waals surface area (Å²) in [7, 11) is 0. The highest BCUT2D eigenvalue weighted by Crippen LogP contribution is 2.30.